The van der Waals surface area contributed by atoms with Gasteiger partial charge in [0.05, 0.1) is 30.2 Å². The number of hydrogen-bond donors (Lipinski definition) is 0. The Bertz CT molecular complexity index is 1510. The second-order valence-corrected chi connectivity index (χ2v) is 11.7. The van der Waals surface area contributed by atoms with Crippen LogP contribution in [0.5, 0.6) is 5.75 Å². The quantitative estimate of drug-likeness (QED) is 0.415. The summed E-state index contributed by atoms with van der Waals surface area (Å²) in [6.07, 6.45) is 5.37. The van der Waals surface area contributed by atoms with Crippen molar-refractivity contribution in [3.63, 3.8) is 0 Å². The lowest BCUT2D eigenvalue weighted by atomic mass is 9.90. The van der Waals surface area contributed by atoms with Gasteiger partial charge in [0.25, 0.3) is 0 Å². The van der Waals surface area contributed by atoms with Crippen LogP contribution in [0.25, 0.3) is 11.1 Å². The molecule has 2 aliphatic heterocycles. The molecular weight excluding hydrogens is 547 g/mol. The minimum absolute atomic E-state index is 0.133. The van der Waals surface area contributed by atoms with Crippen molar-refractivity contribution in [2.45, 2.75) is 44.7 Å². The van der Waals surface area contributed by atoms with Gasteiger partial charge in [0.1, 0.15) is 24.7 Å². The van der Waals surface area contributed by atoms with Crippen LogP contribution in [0.1, 0.15) is 42.4 Å². The van der Waals surface area contributed by atoms with Gasteiger partial charge in [-0.05, 0) is 67.0 Å². The predicted molar refractivity (Wildman–Crippen MR) is 150 cm³/mol. The van der Waals surface area contributed by atoms with E-state index in [4.69, 9.17) is 8.92 Å². The van der Waals surface area contributed by atoms with E-state index in [1.54, 1.807) is 28.8 Å². The summed E-state index contributed by atoms with van der Waals surface area (Å²) in [4.78, 5) is 43.3. The topological polar surface area (TPSA) is 94.0 Å². The Morgan fingerprint density at radius 3 is 2.71 bits per heavy atom. The van der Waals surface area contributed by atoms with Crippen molar-refractivity contribution < 1.29 is 27.7 Å². The maximum Gasteiger partial charge on any atom is 0.429 e. The third kappa shape index (κ3) is 5.68. The van der Waals surface area contributed by atoms with Gasteiger partial charge in [-0.25, -0.2) is 14.1 Å². The smallest absolute Gasteiger partial charge is 0.429 e. The number of benzene rings is 2. The minimum Gasteiger partial charge on any atom is -0.491 e. The van der Waals surface area contributed by atoms with E-state index >= 15 is 0 Å². The molecule has 1 fully saturated rings. The molecule has 41 heavy (non-hydrogen) atoms. The molecule has 6 rings (SSSR count). The van der Waals surface area contributed by atoms with Crippen molar-refractivity contribution in [1.82, 2.24) is 19.6 Å². The Morgan fingerprint density at radius 1 is 1.12 bits per heavy atom. The Morgan fingerprint density at radius 2 is 1.95 bits per heavy atom. The average molecular weight is 579 g/mol. The average Bonchev–Trinajstić information content (AvgIpc) is 3.74. The highest BCUT2D eigenvalue weighted by molar-refractivity contribution is 7.95. The summed E-state index contributed by atoms with van der Waals surface area (Å²) in [5.41, 5.74) is 4.28. The molecular formula is C30H31FN4O5S. The second kappa shape index (κ2) is 11.2. The maximum atomic E-state index is 14.1. The molecule has 3 amide bonds. The number of imide groups is 1. The molecule has 1 saturated carbocycles. The van der Waals surface area contributed by atoms with Crippen LogP contribution in [-0.2, 0) is 33.8 Å². The molecule has 1 aromatic heterocycles. The molecule has 0 N–H and O–H groups in total. The van der Waals surface area contributed by atoms with Gasteiger partial charge in [0, 0.05) is 36.7 Å². The molecule has 11 heteroatoms. The highest BCUT2D eigenvalue weighted by atomic mass is 32.2. The first-order valence-corrected chi connectivity index (χ1v) is 14.7. The Labute approximate surface area is 241 Å². The van der Waals surface area contributed by atoms with E-state index in [9.17, 15) is 18.8 Å². The third-order valence-corrected chi connectivity index (χ3v) is 8.67. The molecule has 0 radical (unpaired) electrons. The standard InChI is InChI=1S/C30H31FN4O5S/c1-18-25-7-5-20(23-13-32-33(2)14-23)11-21(25)9-10-41-40-30(38)35(29(18)37)16-28(36)34-15-22-12-24(31)6-8-27(22)39-17-26(34)19-3-4-19/h5-8,11-14,18-19,26H,3-4,9-10,15-17H2,1-2H3/t18-,26-/m0/s1. The van der Waals surface area contributed by atoms with Gasteiger partial charge < -0.3 is 13.8 Å². The molecule has 3 heterocycles. The molecule has 0 saturated heterocycles. The minimum atomic E-state index is -0.865. The molecule has 1 aliphatic carbocycles. The van der Waals surface area contributed by atoms with E-state index in [1.165, 1.54) is 12.1 Å². The van der Waals surface area contributed by atoms with Gasteiger partial charge in [0.15, 0.2) is 0 Å². The van der Waals surface area contributed by atoms with E-state index in [0.29, 0.717) is 23.5 Å². The molecule has 214 valence electrons. The number of nitrogens with zero attached hydrogens (tertiary/aromatic N) is 4. The summed E-state index contributed by atoms with van der Waals surface area (Å²) < 4.78 is 27.1. The van der Waals surface area contributed by atoms with Gasteiger partial charge in [-0.15, -0.1) is 0 Å². The van der Waals surface area contributed by atoms with Crippen LogP contribution in [0, 0.1) is 11.7 Å². The number of hydrogen-bond acceptors (Lipinski definition) is 7. The van der Waals surface area contributed by atoms with Crippen LogP contribution < -0.4 is 4.74 Å². The van der Waals surface area contributed by atoms with Crippen LogP contribution in [0.15, 0.2) is 48.8 Å². The molecule has 3 aliphatic rings. The van der Waals surface area contributed by atoms with Crippen molar-refractivity contribution in [2.24, 2.45) is 13.0 Å². The van der Waals surface area contributed by atoms with Gasteiger partial charge in [-0.2, -0.15) is 5.10 Å². The number of carbonyl (C=O) groups is 3. The third-order valence-electron chi connectivity index (χ3n) is 8.04. The van der Waals surface area contributed by atoms with E-state index in [2.05, 4.69) is 5.10 Å². The monoisotopic (exact) mass is 578 g/mol. The first kappa shape index (κ1) is 27.3. The number of ether oxygens (including phenoxy) is 1. The zero-order chi connectivity index (χ0) is 28.7. The number of aryl methyl sites for hydroxylation is 2. The lowest BCUT2D eigenvalue weighted by molar-refractivity contribution is -0.141. The summed E-state index contributed by atoms with van der Waals surface area (Å²) in [7, 11) is 1.86. The summed E-state index contributed by atoms with van der Waals surface area (Å²) in [5, 5.41) is 4.25. The number of rotatable bonds is 4. The van der Waals surface area contributed by atoms with Crippen LogP contribution >= 0.6 is 12.0 Å². The highest BCUT2D eigenvalue weighted by Crippen LogP contribution is 2.39. The largest absolute Gasteiger partial charge is 0.491 e. The first-order chi connectivity index (χ1) is 19.8. The highest BCUT2D eigenvalue weighted by Gasteiger charge is 2.41. The fraction of sp³-hybridized carbons (Fsp3) is 0.400. The normalized spacial score (nSPS) is 21.3. The molecule has 3 aromatic rings. The molecule has 2 atom stereocenters. The van der Waals surface area contributed by atoms with Crippen molar-refractivity contribution in [3.8, 4) is 16.9 Å². The molecule has 0 unspecified atom stereocenters. The Hall–Kier alpha value is -3.86. The van der Waals surface area contributed by atoms with Crippen LogP contribution in [0.4, 0.5) is 9.18 Å². The summed E-state index contributed by atoms with van der Waals surface area (Å²) in [5.74, 6) is -0.734. The molecule has 0 bridgehead atoms. The first-order valence-electron chi connectivity index (χ1n) is 13.8. The van der Waals surface area contributed by atoms with Crippen molar-refractivity contribution in [2.75, 3.05) is 18.9 Å². The Kier molecular flexibility index (Phi) is 7.46. The van der Waals surface area contributed by atoms with E-state index < -0.39 is 36.2 Å². The second-order valence-electron chi connectivity index (χ2n) is 10.9. The molecule has 2 aromatic carbocycles. The van der Waals surface area contributed by atoms with Gasteiger partial charge >= 0.3 is 6.09 Å². The number of carbonyl (C=O) groups excluding carboxylic acids is 3. The summed E-state index contributed by atoms with van der Waals surface area (Å²) in [6.45, 7) is 1.68. The van der Waals surface area contributed by atoms with Crippen molar-refractivity contribution in [1.29, 1.82) is 0 Å². The lowest BCUT2D eigenvalue weighted by Gasteiger charge is -2.32. The fourth-order valence-electron chi connectivity index (χ4n) is 5.63. The maximum absolute atomic E-state index is 14.1. The van der Waals surface area contributed by atoms with E-state index in [1.807, 2.05) is 31.4 Å². The van der Waals surface area contributed by atoms with Gasteiger partial charge in [-0.1, -0.05) is 18.2 Å². The van der Waals surface area contributed by atoms with Crippen LogP contribution in [0.2, 0.25) is 0 Å². The van der Waals surface area contributed by atoms with Gasteiger partial charge in [0.2, 0.25) is 11.8 Å². The number of aromatic nitrogens is 2. The summed E-state index contributed by atoms with van der Waals surface area (Å²) in [6, 6.07) is 9.94. The SMILES string of the molecule is C[C@@H]1C(=O)N(CC(=O)N2Cc3cc(F)ccc3OC[C@H]2C2CC2)C(=O)OSCCc2cc(-c3cnn(C)c3)ccc21. The van der Waals surface area contributed by atoms with Gasteiger partial charge in [-0.3, -0.25) is 14.3 Å². The van der Waals surface area contributed by atoms with Crippen molar-refractivity contribution >= 4 is 30.0 Å². The number of fused-ring (bicyclic) bond motifs is 2. The zero-order valence-corrected chi connectivity index (χ0v) is 23.7. The number of amides is 3. The molecule has 0 spiro atoms. The predicted octanol–water partition coefficient (Wildman–Crippen LogP) is 4.70. The zero-order valence-electron chi connectivity index (χ0n) is 22.9. The van der Waals surface area contributed by atoms with Crippen molar-refractivity contribution in [3.05, 3.63) is 71.3 Å². The molecule has 9 nitrogen and oxygen atoms in total. The summed E-state index contributed by atoms with van der Waals surface area (Å²) >= 11 is 0.963. The lowest BCUT2D eigenvalue weighted by Crippen LogP contribution is -2.50. The Balaban J connectivity index is 1.27. The van der Waals surface area contributed by atoms with E-state index in [0.717, 1.165) is 52.0 Å². The number of halogens is 1. The fourth-order valence-corrected chi connectivity index (χ4v) is 6.21. The van der Waals surface area contributed by atoms with E-state index in [-0.39, 0.29) is 25.1 Å². The van der Waals surface area contributed by atoms with Crippen LogP contribution in [0.3, 0.4) is 0 Å². The van der Waals surface area contributed by atoms with Crippen LogP contribution in [-0.4, -0.2) is 62.4 Å².